The Hall–Kier alpha value is -3.91. The van der Waals surface area contributed by atoms with Crippen LogP contribution in [0.1, 0.15) is 0 Å². The fraction of sp³-hybridized carbons (Fsp3) is 0. The van der Waals surface area contributed by atoms with Crippen molar-refractivity contribution in [2.24, 2.45) is 0 Å². The van der Waals surface area contributed by atoms with E-state index in [2.05, 4.69) is 58.7 Å². The Morgan fingerprint density at radius 1 is 0.897 bits per heavy atom. The van der Waals surface area contributed by atoms with Gasteiger partial charge >= 0.3 is 0 Å². The van der Waals surface area contributed by atoms with Crippen molar-refractivity contribution in [3.05, 3.63) is 66.8 Å². The SMILES string of the molecule is c1csc(-c2cncc3[nH]c(-c4[nH]nc5ncc(-c6cnccn6)cc45)cc23)c1. The van der Waals surface area contributed by atoms with E-state index in [1.54, 1.807) is 36.1 Å². The molecule has 2 N–H and O–H groups in total. The molecule has 6 heterocycles. The molecule has 0 unspecified atom stereocenters. The molecule has 0 radical (unpaired) electrons. The molecule has 0 atom stereocenters. The summed E-state index contributed by atoms with van der Waals surface area (Å²) < 4.78 is 0. The van der Waals surface area contributed by atoms with Gasteiger partial charge in [0.05, 0.1) is 35.0 Å². The highest BCUT2D eigenvalue weighted by atomic mass is 32.1. The van der Waals surface area contributed by atoms with Crippen LogP contribution < -0.4 is 0 Å². The molecule has 0 fully saturated rings. The van der Waals surface area contributed by atoms with Crippen molar-refractivity contribution in [2.45, 2.75) is 0 Å². The van der Waals surface area contributed by atoms with Crippen LogP contribution in [-0.4, -0.2) is 35.1 Å². The number of nitrogens with zero attached hydrogens (tertiary/aromatic N) is 5. The van der Waals surface area contributed by atoms with E-state index in [0.717, 1.165) is 44.5 Å². The molecule has 138 valence electrons. The molecule has 6 aromatic rings. The summed E-state index contributed by atoms with van der Waals surface area (Å²) in [6.07, 6.45) is 10.6. The van der Waals surface area contributed by atoms with Gasteiger partial charge in [-0.15, -0.1) is 11.3 Å². The van der Waals surface area contributed by atoms with Crippen LogP contribution in [0.3, 0.4) is 0 Å². The normalized spacial score (nSPS) is 11.4. The van der Waals surface area contributed by atoms with Gasteiger partial charge in [-0.2, -0.15) is 5.10 Å². The van der Waals surface area contributed by atoms with E-state index >= 15 is 0 Å². The van der Waals surface area contributed by atoms with Crippen LogP contribution in [-0.2, 0) is 0 Å². The van der Waals surface area contributed by atoms with Gasteiger partial charge in [0, 0.05) is 51.6 Å². The van der Waals surface area contributed by atoms with Crippen LogP contribution in [0.15, 0.2) is 66.8 Å². The Morgan fingerprint density at radius 2 is 1.90 bits per heavy atom. The maximum absolute atomic E-state index is 4.48. The lowest BCUT2D eigenvalue weighted by atomic mass is 10.1. The number of fused-ring (bicyclic) bond motifs is 2. The molecule has 8 heteroatoms. The van der Waals surface area contributed by atoms with Gasteiger partial charge in [0.2, 0.25) is 0 Å². The molecule has 0 aliphatic heterocycles. The van der Waals surface area contributed by atoms with Gasteiger partial charge in [-0.1, -0.05) is 6.07 Å². The minimum Gasteiger partial charge on any atom is -0.352 e. The quantitative estimate of drug-likeness (QED) is 0.453. The van der Waals surface area contributed by atoms with Gasteiger partial charge in [-0.05, 0) is 23.6 Å². The van der Waals surface area contributed by atoms with E-state index < -0.39 is 0 Å². The Bertz CT molecular complexity index is 1450. The molecule has 0 spiro atoms. The highest BCUT2D eigenvalue weighted by molar-refractivity contribution is 7.13. The summed E-state index contributed by atoms with van der Waals surface area (Å²) in [5.74, 6) is 0. The third-order valence-electron chi connectivity index (χ3n) is 4.87. The van der Waals surface area contributed by atoms with E-state index in [-0.39, 0.29) is 0 Å². The molecular formula is C21H13N7S. The van der Waals surface area contributed by atoms with Crippen molar-refractivity contribution < 1.29 is 0 Å². The number of rotatable bonds is 3. The van der Waals surface area contributed by atoms with E-state index in [1.165, 1.54) is 4.88 Å². The first kappa shape index (κ1) is 16.1. The van der Waals surface area contributed by atoms with Crippen molar-refractivity contribution in [3.63, 3.8) is 0 Å². The van der Waals surface area contributed by atoms with Gasteiger partial charge in [0.25, 0.3) is 0 Å². The van der Waals surface area contributed by atoms with Gasteiger partial charge in [0.1, 0.15) is 0 Å². The third kappa shape index (κ3) is 2.61. The van der Waals surface area contributed by atoms with E-state index in [1.807, 2.05) is 18.5 Å². The summed E-state index contributed by atoms with van der Waals surface area (Å²) in [4.78, 5) is 22.1. The van der Waals surface area contributed by atoms with Gasteiger partial charge in [-0.3, -0.25) is 20.1 Å². The van der Waals surface area contributed by atoms with E-state index in [9.17, 15) is 0 Å². The largest absolute Gasteiger partial charge is 0.352 e. The predicted octanol–water partition coefficient (Wildman–Crippen LogP) is 4.69. The summed E-state index contributed by atoms with van der Waals surface area (Å²) in [5, 5.41) is 11.6. The maximum atomic E-state index is 4.48. The fourth-order valence-corrected chi connectivity index (χ4v) is 4.26. The number of thiophene rings is 1. The highest BCUT2D eigenvalue weighted by Gasteiger charge is 2.15. The molecule has 0 aliphatic carbocycles. The molecule has 7 nitrogen and oxygen atoms in total. The first-order chi connectivity index (χ1) is 14.4. The second-order valence-electron chi connectivity index (χ2n) is 6.59. The smallest absolute Gasteiger partial charge is 0.181 e. The lowest BCUT2D eigenvalue weighted by Gasteiger charge is -2.00. The number of hydrogen-bond acceptors (Lipinski definition) is 6. The molecule has 0 saturated carbocycles. The summed E-state index contributed by atoms with van der Waals surface area (Å²) in [6.45, 7) is 0. The monoisotopic (exact) mass is 395 g/mol. The first-order valence-electron chi connectivity index (χ1n) is 8.98. The molecule has 29 heavy (non-hydrogen) atoms. The first-order valence-corrected chi connectivity index (χ1v) is 9.86. The molecule has 0 bridgehead atoms. The van der Waals surface area contributed by atoms with Crippen molar-refractivity contribution in [1.29, 1.82) is 0 Å². The summed E-state index contributed by atoms with van der Waals surface area (Å²) in [7, 11) is 0. The van der Waals surface area contributed by atoms with E-state index in [4.69, 9.17) is 0 Å². The summed E-state index contributed by atoms with van der Waals surface area (Å²) >= 11 is 1.70. The Labute approximate surface area is 168 Å². The topological polar surface area (TPSA) is 96.0 Å². The van der Waals surface area contributed by atoms with Crippen LogP contribution in [0.25, 0.3) is 55.0 Å². The Morgan fingerprint density at radius 3 is 2.76 bits per heavy atom. The number of aromatic amines is 2. The second-order valence-corrected chi connectivity index (χ2v) is 7.54. The average molecular weight is 395 g/mol. The number of nitrogens with one attached hydrogen (secondary N) is 2. The van der Waals surface area contributed by atoms with Crippen LogP contribution in [0.4, 0.5) is 0 Å². The molecule has 0 aromatic carbocycles. The number of pyridine rings is 2. The van der Waals surface area contributed by atoms with Crippen LogP contribution in [0.2, 0.25) is 0 Å². The summed E-state index contributed by atoms with van der Waals surface area (Å²) in [5.41, 5.74) is 6.23. The second kappa shape index (κ2) is 6.32. The van der Waals surface area contributed by atoms with Crippen molar-refractivity contribution >= 4 is 33.3 Å². The van der Waals surface area contributed by atoms with Gasteiger partial charge in [-0.25, -0.2) is 4.98 Å². The van der Waals surface area contributed by atoms with Crippen LogP contribution >= 0.6 is 11.3 Å². The van der Waals surface area contributed by atoms with Crippen molar-refractivity contribution in [2.75, 3.05) is 0 Å². The lowest BCUT2D eigenvalue weighted by molar-refractivity contribution is 1.10. The molecule has 6 aromatic heterocycles. The number of aromatic nitrogens is 7. The van der Waals surface area contributed by atoms with Crippen LogP contribution in [0, 0.1) is 0 Å². The standard InChI is InChI=1S/C21H13N7S/c1-2-19(29-5-1)15-9-23-11-18-13(15)7-16(26-18)20-14-6-12(8-25-21(14)28-27-20)17-10-22-3-4-24-17/h1-11,26H,(H,25,27,28). The molecule has 0 saturated heterocycles. The highest BCUT2D eigenvalue weighted by Crippen LogP contribution is 2.35. The molecular weight excluding hydrogens is 382 g/mol. The zero-order valence-corrected chi connectivity index (χ0v) is 15.8. The van der Waals surface area contributed by atoms with Crippen LogP contribution in [0.5, 0.6) is 0 Å². The molecule has 6 rings (SSSR count). The average Bonchev–Trinajstić information content (AvgIpc) is 3.52. The zero-order chi connectivity index (χ0) is 19.2. The van der Waals surface area contributed by atoms with E-state index in [0.29, 0.717) is 5.65 Å². The predicted molar refractivity (Wildman–Crippen MR) is 113 cm³/mol. The van der Waals surface area contributed by atoms with Gasteiger partial charge < -0.3 is 4.98 Å². The minimum absolute atomic E-state index is 0.655. The van der Waals surface area contributed by atoms with Crippen molar-refractivity contribution in [3.8, 4) is 33.1 Å². The van der Waals surface area contributed by atoms with Crippen molar-refractivity contribution in [1.82, 2.24) is 35.1 Å². The van der Waals surface area contributed by atoms with Gasteiger partial charge in [0.15, 0.2) is 5.65 Å². The number of hydrogen-bond donors (Lipinski definition) is 2. The summed E-state index contributed by atoms with van der Waals surface area (Å²) in [6, 6.07) is 8.33. The minimum atomic E-state index is 0.655. The Kier molecular flexibility index (Phi) is 3.50. The third-order valence-corrected chi connectivity index (χ3v) is 5.77. The zero-order valence-electron chi connectivity index (χ0n) is 15.0. The fourth-order valence-electron chi connectivity index (χ4n) is 3.51. The molecule has 0 aliphatic rings. The molecule has 0 amide bonds. The Balaban J connectivity index is 1.53. The lowest BCUT2D eigenvalue weighted by Crippen LogP contribution is -1.86. The number of H-pyrrole nitrogens is 2. The maximum Gasteiger partial charge on any atom is 0.181 e.